The van der Waals surface area contributed by atoms with Crippen molar-refractivity contribution in [3.63, 3.8) is 0 Å². The number of carbonyl (C=O) groups excluding carboxylic acids is 2. The minimum Gasteiger partial charge on any atom is -0.507 e. The summed E-state index contributed by atoms with van der Waals surface area (Å²) in [4.78, 5) is 27.7. The molecule has 1 unspecified atom stereocenters. The van der Waals surface area contributed by atoms with Crippen LogP contribution in [0.3, 0.4) is 0 Å². The molecule has 1 amide bonds. The average molecular weight is 572 g/mol. The van der Waals surface area contributed by atoms with E-state index in [9.17, 15) is 19.1 Å². The molecule has 0 bridgehead atoms. The van der Waals surface area contributed by atoms with Gasteiger partial charge >= 0.3 is 5.91 Å². The Labute approximate surface area is 229 Å². The van der Waals surface area contributed by atoms with Crippen LogP contribution < -0.4 is 4.90 Å². The molecule has 1 fully saturated rings. The number of thioether (sulfide) groups is 1. The highest BCUT2D eigenvalue weighted by Gasteiger charge is 2.49. The largest absolute Gasteiger partial charge is 0.507 e. The lowest BCUT2D eigenvalue weighted by Crippen LogP contribution is -2.29. The van der Waals surface area contributed by atoms with E-state index in [4.69, 9.17) is 23.2 Å². The summed E-state index contributed by atoms with van der Waals surface area (Å²) in [6.07, 6.45) is 0. The molecule has 1 aliphatic heterocycles. The molecule has 11 heteroatoms. The highest BCUT2D eigenvalue weighted by molar-refractivity contribution is 8.00. The van der Waals surface area contributed by atoms with Crippen LogP contribution in [0.15, 0.2) is 82.7 Å². The number of benzene rings is 3. The number of anilines is 1. The predicted octanol–water partition coefficient (Wildman–Crippen LogP) is 6.90. The maximum Gasteiger partial charge on any atom is 0.301 e. The number of hydrogen-bond acceptors (Lipinski definition) is 7. The van der Waals surface area contributed by atoms with Gasteiger partial charge in [-0.25, -0.2) is 4.39 Å². The van der Waals surface area contributed by atoms with E-state index < -0.39 is 17.7 Å². The molecule has 186 valence electrons. The topological polar surface area (TPSA) is 83.4 Å². The highest BCUT2D eigenvalue weighted by atomic mass is 35.5. The first-order valence-electron chi connectivity index (χ1n) is 10.9. The van der Waals surface area contributed by atoms with Gasteiger partial charge in [0, 0.05) is 21.4 Å². The average Bonchev–Trinajstić information content (AvgIpc) is 3.46. The van der Waals surface area contributed by atoms with Gasteiger partial charge in [0.2, 0.25) is 5.13 Å². The molecule has 1 aromatic heterocycles. The van der Waals surface area contributed by atoms with Crippen molar-refractivity contribution in [1.29, 1.82) is 0 Å². The molecule has 3 aromatic carbocycles. The van der Waals surface area contributed by atoms with Crippen molar-refractivity contribution < 1.29 is 19.1 Å². The standard InChI is InChI=1S/C26H16Cl2FN3O3S2/c27-16-8-11-18(19(28)12-16)21-20(22(33)15-4-2-1-3-5-15)23(34)24(35)32(21)25-30-31-26(37-25)36-13-14-6-9-17(29)10-7-14/h1-12,21,33H,13H2/b22-20-. The van der Waals surface area contributed by atoms with E-state index in [1.807, 2.05) is 0 Å². The van der Waals surface area contributed by atoms with Gasteiger partial charge in [0.15, 0.2) is 4.34 Å². The zero-order valence-corrected chi connectivity index (χ0v) is 21.9. The molecule has 0 saturated carbocycles. The van der Waals surface area contributed by atoms with Gasteiger partial charge < -0.3 is 5.11 Å². The van der Waals surface area contributed by atoms with Gasteiger partial charge in [-0.3, -0.25) is 14.5 Å². The number of aliphatic hydroxyl groups excluding tert-OH is 1. The van der Waals surface area contributed by atoms with Gasteiger partial charge in [0.25, 0.3) is 5.78 Å². The second kappa shape index (κ2) is 10.6. The number of hydrogen-bond donors (Lipinski definition) is 1. The van der Waals surface area contributed by atoms with E-state index in [1.54, 1.807) is 54.6 Å². The van der Waals surface area contributed by atoms with Crippen LogP contribution in [0.4, 0.5) is 9.52 Å². The lowest BCUT2D eigenvalue weighted by Gasteiger charge is -2.23. The van der Waals surface area contributed by atoms with Crippen LogP contribution in [-0.4, -0.2) is 27.0 Å². The Bertz CT molecular complexity index is 1530. The molecule has 1 N–H and O–H groups in total. The zero-order chi connectivity index (χ0) is 26.1. The van der Waals surface area contributed by atoms with Crippen molar-refractivity contribution in [1.82, 2.24) is 10.2 Å². The summed E-state index contributed by atoms with van der Waals surface area (Å²) in [5.41, 5.74) is 1.55. The van der Waals surface area contributed by atoms with Gasteiger partial charge in [-0.15, -0.1) is 10.2 Å². The summed E-state index contributed by atoms with van der Waals surface area (Å²) < 4.78 is 13.7. The van der Waals surface area contributed by atoms with Crippen LogP contribution >= 0.6 is 46.3 Å². The Kier molecular flexibility index (Phi) is 7.30. The number of Topliss-reactive ketones (excluding diaryl/α,β-unsaturated/α-hetero) is 1. The third-order valence-corrected chi connectivity index (χ3v) is 8.32. The fraction of sp³-hybridized carbons (Fsp3) is 0.0769. The van der Waals surface area contributed by atoms with Gasteiger partial charge in [0.05, 0.1) is 11.6 Å². The van der Waals surface area contributed by atoms with Crippen molar-refractivity contribution in [3.05, 3.63) is 111 Å². The third-order valence-electron chi connectivity index (χ3n) is 5.63. The second-order valence-electron chi connectivity index (χ2n) is 7.97. The predicted molar refractivity (Wildman–Crippen MR) is 144 cm³/mol. The number of ketones is 1. The molecule has 37 heavy (non-hydrogen) atoms. The first kappa shape index (κ1) is 25.4. The number of aromatic nitrogens is 2. The molecule has 1 aliphatic rings. The molecule has 0 spiro atoms. The molecule has 1 saturated heterocycles. The number of halogens is 3. The molecule has 2 heterocycles. The first-order chi connectivity index (χ1) is 17.8. The molecule has 4 aromatic rings. The lowest BCUT2D eigenvalue weighted by molar-refractivity contribution is -0.132. The van der Waals surface area contributed by atoms with Crippen LogP contribution in [0.1, 0.15) is 22.7 Å². The number of rotatable bonds is 6. The van der Waals surface area contributed by atoms with E-state index >= 15 is 0 Å². The summed E-state index contributed by atoms with van der Waals surface area (Å²) in [7, 11) is 0. The van der Waals surface area contributed by atoms with Gasteiger partial charge in [-0.2, -0.15) is 0 Å². The Balaban J connectivity index is 1.55. The Morgan fingerprint density at radius 2 is 1.76 bits per heavy atom. The summed E-state index contributed by atoms with van der Waals surface area (Å²) in [6, 6.07) is 18.2. The Morgan fingerprint density at radius 3 is 2.46 bits per heavy atom. The maximum absolute atomic E-state index is 13.3. The van der Waals surface area contributed by atoms with Crippen LogP contribution in [0.5, 0.6) is 0 Å². The Morgan fingerprint density at radius 1 is 1.03 bits per heavy atom. The van der Waals surface area contributed by atoms with E-state index in [-0.39, 0.29) is 27.3 Å². The molecule has 1 atom stereocenters. The quantitative estimate of drug-likeness (QED) is 0.0890. The fourth-order valence-electron chi connectivity index (χ4n) is 3.88. The van der Waals surface area contributed by atoms with Gasteiger partial charge in [-0.1, -0.05) is 94.8 Å². The highest BCUT2D eigenvalue weighted by Crippen LogP contribution is 2.46. The summed E-state index contributed by atoms with van der Waals surface area (Å²) >= 11 is 15.1. The second-order valence-corrected chi connectivity index (χ2v) is 11.0. The first-order valence-corrected chi connectivity index (χ1v) is 13.4. The molecule has 6 nitrogen and oxygen atoms in total. The summed E-state index contributed by atoms with van der Waals surface area (Å²) in [6.45, 7) is 0. The minimum absolute atomic E-state index is 0.115. The Hall–Kier alpha value is -3.24. The van der Waals surface area contributed by atoms with Crippen LogP contribution in [0.2, 0.25) is 10.0 Å². The van der Waals surface area contributed by atoms with E-state index in [2.05, 4.69) is 10.2 Å². The maximum atomic E-state index is 13.3. The molecular weight excluding hydrogens is 556 g/mol. The monoisotopic (exact) mass is 571 g/mol. The van der Waals surface area contributed by atoms with Crippen molar-refractivity contribution in [2.75, 3.05) is 4.90 Å². The van der Waals surface area contributed by atoms with E-state index in [0.29, 0.717) is 26.2 Å². The van der Waals surface area contributed by atoms with Crippen molar-refractivity contribution in [2.45, 2.75) is 16.1 Å². The third kappa shape index (κ3) is 5.13. The van der Waals surface area contributed by atoms with Crippen molar-refractivity contribution >= 4 is 68.9 Å². The number of nitrogens with zero attached hydrogens (tertiary/aromatic N) is 3. The van der Waals surface area contributed by atoms with E-state index in [1.165, 1.54) is 34.9 Å². The SMILES string of the molecule is O=C1C(=O)N(c2nnc(SCc3ccc(F)cc3)s2)C(c2ccc(Cl)cc2Cl)/C1=C(/O)c1ccccc1. The number of carbonyl (C=O) groups is 2. The van der Waals surface area contributed by atoms with Crippen LogP contribution in [0, 0.1) is 5.82 Å². The normalized spacial score (nSPS) is 16.9. The zero-order valence-electron chi connectivity index (χ0n) is 18.8. The lowest BCUT2D eigenvalue weighted by atomic mass is 9.95. The minimum atomic E-state index is -1.05. The summed E-state index contributed by atoms with van der Waals surface area (Å²) in [5, 5.41) is 20.2. The molecular formula is C26H16Cl2FN3O3S2. The van der Waals surface area contributed by atoms with Gasteiger partial charge in [-0.05, 0) is 35.4 Å². The molecule has 0 aliphatic carbocycles. The van der Waals surface area contributed by atoms with Crippen LogP contribution in [-0.2, 0) is 15.3 Å². The molecule has 0 radical (unpaired) electrons. The van der Waals surface area contributed by atoms with Gasteiger partial charge in [0.1, 0.15) is 11.6 Å². The number of aliphatic hydroxyl groups is 1. The molecule has 5 rings (SSSR count). The smallest absolute Gasteiger partial charge is 0.301 e. The van der Waals surface area contributed by atoms with Crippen molar-refractivity contribution in [3.8, 4) is 0 Å². The summed E-state index contributed by atoms with van der Waals surface area (Å²) in [5.74, 6) is -1.87. The van der Waals surface area contributed by atoms with E-state index in [0.717, 1.165) is 16.9 Å². The van der Waals surface area contributed by atoms with Crippen LogP contribution in [0.25, 0.3) is 5.76 Å². The number of amides is 1. The van der Waals surface area contributed by atoms with Crippen molar-refractivity contribution in [2.24, 2.45) is 0 Å². The fourth-order valence-corrected chi connectivity index (χ4v) is 6.22.